The lowest BCUT2D eigenvalue weighted by atomic mass is 10.1. The Kier molecular flexibility index (Phi) is 4.63. The van der Waals surface area contributed by atoms with Crippen molar-refractivity contribution in [3.05, 3.63) is 54.6 Å². The summed E-state index contributed by atoms with van der Waals surface area (Å²) in [6.45, 7) is 1.57. The molecule has 25 heavy (non-hydrogen) atoms. The fraction of sp³-hybridized carbons (Fsp3) is 0.368. The van der Waals surface area contributed by atoms with Crippen molar-refractivity contribution in [1.29, 1.82) is 0 Å². The molecule has 0 saturated heterocycles. The number of aryl methyl sites for hydroxylation is 1. The van der Waals surface area contributed by atoms with Gasteiger partial charge in [0.15, 0.2) is 0 Å². The molecule has 3 aromatic rings. The van der Waals surface area contributed by atoms with Crippen LogP contribution >= 0.6 is 0 Å². The second-order valence-corrected chi connectivity index (χ2v) is 6.48. The third-order valence-corrected chi connectivity index (χ3v) is 4.61. The number of aromatic nitrogens is 3. The van der Waals surface area contributed by atoms with E-state index in [0.717, 1.165) is 36.3 Å². The van der Waals surface area contributed by atoms with Crippen LogP contribution in [0.2, 0.25) is 0 Å². The number of fused-ring (bicyclic) bond motifs is 2. The third-order valence-electron chi connectivity index (χ3n) is 4.61. The summed E-state index contributed by atoms with van der Waals surface area (Å²) in [5.74, 6) is 1.82. The van der Waals surface area contributed by atoms with E-state index in [-0.39, 0.29) is 6.61 Å². The molecule has 0 saturated carbocycles. The van der Waals surface area contributed by atoms with Gasteiger partial charge in [-0.15, -0.1) is 0 Å². The van der Waals surface area contributed by atoms with E-state index in [4.69, 9.17) is 4.74 Å². The molecule has 6 heteroatoms. The zero-order valence-electron chi connectivity index (χ0n) is 14.0. The number of hydrogen-bond acceptors (Lipinski definition) is 5. The van der Waals surface area contributed by atoms with Gasteiger partial charge in [0, 0.05) is 19.0 Å². The number of nitrogens with one attached hydrogen (secondary N) is 1. The molecule has 0 spiro atoms. The van der Waals surface area contributed by atoms with E-state index < -0.39 is 6.10 Å². The van der Waals surface area contributed by atoms with Gasteiger partial charge in [-0.1, -0.05) is 30.3 Å². The Labute approximate surface area is 146 Å². The van der Waals surface area contributed by atoms with Gasteiger partial charge >= 0.3 is 0 Å². The lowest BCUT2D eigenvalue weighted by molar-refractivity contribution is 0.101. The maximum Gasteiger partial charge on any atom is 0.138 e. The van der Waals surface area contributed by atoms with Crippen molar-refractivity contribution in [1.82, 2.24) is 20.1 Å². The minimum atomic E-state index is -0.552. The molecule has 0 amide bonds. The summed E-state index contributed by atoms with van der Waals surface area (Å²) >= 11 is 0. The van der Waals surface area contributed by atoms with Crippen molar-refractivity contribution in [2.24, 2.45) is 0 Å². The summed E-state index contributed by atoms with van der Waals surface area (Å²) in [6, 6.07) is 14.4. The summed E-state index contributed by atoms with van der Waals surface area (Å²) in [6.07, 6.45) is 2.98. The molecule has 2 heterocycles. The van der Waals surface area contributed by atoms with Crippen LogP contribution in [0, 0.1) is 0 Å². The van der Waals surface area contributed by atoms with Crippen molar-refractivity contribution in [3.63, 3.8) is 0 Å². The topological polar surface area (TPSA) is 72.2 Å². The van der Waals surface area contributed by atoms with Gasteiger partial charge in [-0.05, 0) is 29.3 Å². The van der Waals surface area contributed by atoms with E-state index in [1.54, 1.807) is 6.33 Å². The van der Waals surface area contributed by atoms with Crippen molar-refractivity contribution in [2.45, 2.75) is 31.5 Å². The van der Waals surface area contributed by atoms with Crippen LogP contribution in [0.3, 0.4) is 0 Å². The van der Waals surface area contributed by atoms with Crippen LogP contribution in [-0.4, -0.2) is 45.2 Å². The normalized spacial score (nSPS) is 18.0. The van der Waals surface area contributed by atoms with Crippen molar-refractivity contribution in [2.75, 3.05) is 13.2 Å². The lowest BCUT2D eigenvalue weighted by Gasteiger charge is -2.24. The molecule has 1 aliphatic heterocycles. The van der Waals surface area contributed by atoms with E-state index in [0.29, 0.717) is 12.6 Å². The number of aliphatic hydroxyl groups is 1. The van der Waals surface area contributed by atoms with Gasteiger partial charge in [-0.3, -0.25) is 0 Å². The molecule has 130 valence electrons. The van der Waals surface area contributed by atoms with Gasteiger partial charge in [0.05, 0.1) is 6.54 Å². The second-order valence-electron chi connectivity index (χ2n) is 6.48. The largest absolute Gasteiger partial charge is 0.491 e. The molecular formula is C19H22N4O2. The first-order valence-corrected chi connectivity index (χ1v) is 8.67. The highest BCUT2D eigenvalue weighted by atomic mass is 16.5. The molecule has 6 nitrogen and oxygen atoms in total. The molecule has 2 N–H and O–H groups in total. The van der Waals surface area contributed by atoms with Gasteiger partial charge in [0.25, 0.3) is 0 Å². The number of ether oxygens (including phenoxy) is 1. The van der Waals surface area contributed by atoms with Gasteiger partial charge in [0.2, 0.25) is 0 Å². The molecule has 0 fully saturated rings. The first-order chi connectivity index (χ1) is 12.3. The minimum Gasteiger partial charge on any atom is -0.491 e. The highest BCUT2D eigenvalue weighted by Crippen LogP contribution is 2.20. The maximum absolute atomic E-state index is 10.2. The molecule has 0 aliphatic carbocycles. The Bertz CT molecular complexity index is 848. The number of nitrogens with zero attached hydrogens (tertiary/aromatic N) is 3. The Morgan fingerprint density at radius 1 is 1.24 bits per heavy atom. The van der Waals surface area contributed by atoms with Gasteiger partial charge in [-0.2, -0.15) is 5.10 Å². The fourth-order valence-corrected chi connectivity index (χ4v) is 3.22. The Balaban J connectivity index is 1.25. The summed E-state index contributed by atoms with van der Waals surface area (Å²) < 4.78 is 7.67. The molecule has 0 bridgehead atoms. The Morgan fingerprint density at radius 2 is 2.12 bits per heavy atom. The summed E-state index contributed by atoms with van der Waals surface area (Å²) in [4.78, 5) is 4.23. The van der Waals surface area contributed by atoms with Crippen LogP contribution in [0.15, 0.2) is 48.8 Å². The van der Waals surface area contributed by atoms with E-state index in [1.165, 1.54) is 5.39 Å². The van der Waals surface area contributed by atoms with Gasteiger partial charge in [0.1, 0.15) is 30.6 Å². The first kappa shape index (κ1) is 16.1. The highest BCUT2D eigenvalue weighted by Gasteiger charge is 2.20. The molecular weight excluding hydrogens is 316 g/mol. The second kappa shape index (κ2) is 7.21. The lowest BCUT2D eigenvalue weighted by Crippen LogP contribution is -2.42. The summed E-state index contributed by atoms with van der Waals surface area (Å²) in [5, 5.41) is 20.1. The molecule has 0 unspecified atom stereocenters. The van der Waals surface area contributed by atoms with Crippen LogP contribution in [0.1, 0.15) is 12.2 Å². The maximum atomic E-state index is 10.2. The monoisotopic (exact) mass is 338 g/mol. The average molecular weight is 338 g/mol. The highest BCUT2D eigenvalue weighted by molar-refractivity contribution is 5.83. The number of aliphatic hydroxyl groups excluding tert-OH is 1. The predicted octanol–water partition coefficient (Wildman–Crippen LogP) is 1.78. The van der Waals surface area contributed by atoms with E-state index in [2.05, 4.69) is 27.5 Å². The van der Waals surface area contributed by atoms with Crippen LogP contribution in [0.25, 0.3) is 10.8 Å². The van der Waals surface area contributed by atoms with Gasteiger partial charge < -0.3 is 15.2 Å². The molecule has 2 aromatic carbocycles. The molecule has 0 radical (unpaired) electrons. The zero-order valence-corrected chi connectivity index (χ0v) is 14.0. The van der Waals surface area contributed by atoms with Crippen molar-refractivity contribution >= 4 is 10.8 Å². The van der Waals surface area contributed by atoms with Crippen LogP contribution < -0.4 is 10.1 Å². The van der Waals surface area contributed by atoms with E-state index in [9.17, 15) is 5.11 Å². The predicted molar refractivity (Wildman–Crippen MR) is 95.6 cm³/mol. The molecule has 1 aromatic heterocycles. The molecule has 4 rings (SSSR count). The van der Waals surface area contributed by atoms with E-state index >= 15 is 0 Å². The number of hydrogen-bond donors (Lipinski definition) is 2. The third kappa shape index (κ3) is 3.81. The Morgan fingerprint density at radius 3 is 3.04 bits per heavy atom. The van der Waals surface area contributed by atoms with E-state index in [1.807, 2.05) is 35.0 Å². The summed E-state index contributed by atoms with van der Waals surface area (Å²) in [7, 11) is 0. The van der Waals surface area contributed by atoms with Crippen LogP contribution in [0.5, 0.6) is 5.75 Å². The number of benzene rings is 2. The molecule has 2 atom stereocenters. The minimum absolute atomic E-state index is 0.270. The van der Waals surface area contributed by atoms with Crippen LogP contribution in [0.4, 0.5) is 0 Å². The average Bonchev–Trinajstić information content (AvgIpc) is 3.12. The van der Waals surface area contributed by atoms with Crippen molar-refractivity contribution in [3.8, 4) is 5.75 Å². The Hall–Kier alpha value is -2.44. The fourth-order valence-electron chi connectivity index (χ4n) is 3.22. The van der Waals surface area contributed by atoms with Gasteiger partial charge in [-0.25, -0.2) is 9.67 Å². The van der Waals surface area contributed by atoms with Crippen molar-refractivity contribution < 1.29 is 9.84 Å². The SMILES string of the molecule is O[C@@H](CN[C@H]1CCc2ncnn2C1)COc1ccc2ccccc2c1. The number of rotatable bonds is 6. The standard InChI is InChI=1S/C19H22N4O2/c24-17(10-20-16-6-8-19-21-13-22-23(19)11-16)12-25-18-7-5-14-3-1-2-4-15(14)9-18/h1-5,7,9,13,16-17,20,24H,6,8,10-12H2/t16-,17-/m0/s1. The summed E-state index contributed by atoms with van der Waals surface area (Å²) in [5.41, 5.74) is 0. The van der Waals surface area contributed by atoms with Crippen LogP contribution in [-0.2, 0) is 13.0 Å². The quantitative estimate of drug-likeness (QED) is 0.717. The smallest absolute Gasteiger partial charge is 0.138 e. The molecule has 1 aliphatic rings. The first-order valence-electron chi connectivity index (χ1n) is 8.67. The zero-order chi connectivity index (χ0) is 17.1.